The number of phenolic OH excluding ortho intramolecular Hbond substituents is 1. The van der Waals surface area contributed by atoms with Gasteiger partial charge in [0.25, 0.3) is 0 Å². The number of anilines is 2. The average Bonchev–Trinajstić information content (AvgIpc) is 2.76. The van der Waals surface area contributed by atoms with Crippen molar-refractivity contribution in [2.24, 2.45) is 0 Å². The number of benzene rings is 2. The third-order valence-electron chi connectivity index (χ3n) is 4.91. The molecule has 0 spiro atoms. The Hall–Kier alpha value is -3.35. The van der Waals surface area contributed by atoms with Crippen LogP contribution in [-0.4, -0.2) is 41.2 Å². The van der Waals surface area contributed by atoms with Gasteiger partial charge in [0.05, 0.1) is 23.3 Å². The van der Waals surface area contributed by atoms with E-state index in [-0.39, 0.29) is 10.8 Å². The molecule has 0 aliphatic heterocycles. The van der Waals surface area contributed by atoms with Crippen molar-refractivity contribution in [1.82, 2.24) is 14.9 Å². The zero-order valence-corrected chi connectivity index (χ0v) is 18.3. The number of halogens is 1. The number of nitrogens with one attached hydrogen (secondary N) is 1. The lowest BCUT2D eigenvalue weighted by molar-refractivity contribution is 0.374. The summed E-state index contributed by atoms with van der Waals surface area (Å²) in [6.45, 7) is 0.841. The van der Waals surface area contributed by atoms with Crippen molar-refractivity contribution in [2.45, 2.75) is 6.54 Å². The summed E-state index contributed by atoms with van der Waals surface area (Å²) in [6.07, 6.45) is 3.65. The van der Waals surface area contributed by atoms with Crippen molar-refractivity contribution in [1.29, 1.82) is 0 Å². The summed E-state index contributed by atoms with van der Waals surface area (Å²) in [5.41, 5.74) is 4.67. The summed E-state index contributed by atoms with van der Waals surface area (Å²) in [4.78, 5) is 11.1. The molecule has 7 heteroatoms. The van der Waals surface area contributed by atoms with Gasteiger partial charge in [-0.25, -0.2) is 4.98 Å². The number of hydrogen-bond acceptors (Lipinski definition) is 6. The molecule has 4 aromatic rings. The van der Waals surface area contributed by atoms with Gasteiger partial charge in [0.15, 0.2) is 11.5 Å². The third kappa shape index (κ3) is 4.55. The summed E-state index contributed by atoms with van der Waals surface area (Å²) >= 11 is 6.18. The maximum Gasteiger partial charge on any atom is 0.176 e. The highest BCUT2D eigenvalue weighted by Crippen LogP contribution is 2.39. The molecule has 31 heavy (non-hydrogen) atoms. The lowest BCUT2D eigenvalue weighted by Gasteiger charge is -2.13. The Morgan fingerprint density at radius 1 is 1.03 bits per heavy atom. The fourth-order valence-corrected chi connectivity index (χ4v) is 3.64. The second-order valence-electron chi connectivity index (χ2n) is 7.51. The van der Waals surface area contributed by atoms with Gasteiger partial charge >= 0.3 is 0 Å². The van der Waals surface area contributed by atoms with E-state index in [1.807, 2.05) is 50.6 Å². The lowest BCUT2D eigenvalue weighted by Crippen LogP contribution is -2.10. The monoisotopic (exact) mass is 434 g/mol. The smallest absolute Gasteiger partial charge is 0.176 e. The second kappa shape index (κ2) is 8.79. The number of methoxy groups -OCH3 is 1. The van der Waals surface area contributed by atoms with E-state index in [1.54, 1.807) is 18.3 Å². The molecule has 2 aromatic carbocycles. The molecule has 0 saturated heterocycles. The van der Waals surface area contributed by atoms with Gasteiger partial charge in [-0.05, 0) is 67.2 Å². The Morgan fingerprint density at radius 2 is 1.87 bits per heavy atom. The molecule has 0 saturated carbocycles. The molecule has 2 aromatic heterocycles. The van der Waals surface area contributed by atoms with Gasteiger partial charge in [0, 0.05) is 24.3 Å². The standard InChI is InChI=1S/C24H23ClN4O2/c1-29(2)14-15-4-7-23(27-13-15)28-21-8-9-26-20-6-5-16(10-18(20)21)17-11-19(25)24(30)22(12-17)31-3/h4-13,30H,14H2,1-3H3,(H,26,27,28). The summed E-state index contributed by atoms with van der Waals surface area (Å²) in [7, 11) is 5.56. The minimum absolute atomic E-state index is 0.0680. The van der Waals surface area contributed by atoms with Gasteiger partial charge in [-0.15, -0.1) is 0 Å². The topological polar surface area (TPSA) is 70.5 Å². The summed E-state index contributed by atoms with van der Waals surface area (Å²) < 4.78 is 5.24. The third-order valence-corrected chi connectivity index (χ3v) is 5.20. The molecule has 4 rings (SSSR count). The van der Waals surface area contributed by atoms with Crippen molar-refractivity contribution in [2.75, 3.05) is 26.5 Å². The van der Waals surface area contributed by atoms with E-state index in [0.717, 1.165) is 45.6 Å². The molecular weight excluding hydrogens is 412 g/mol. The molecule has 0 aliphatic rings. The molecule has 0 unspecified atom stereocenters. The number of nitrogens with zero attached hydrogens (tertiary/aromatic N) is 3. The highest BCUT2D eigenvalue weighted by atomic mass is 35.5. The van der Waals surface area contributed by atoms with Gasteiger partial charge in [-0.1, -0.05) is 23.7 Å². The van der Waals surface area contributed by atoms with Crippen LogP contribution in [0.15, 0.2) is 60.9 Å². The van der Waals surface area contributed by atoms with Crippen LogP contribution in [0.25, 0.3) is 22.0 Å². The zero-order chi connectivity index (χ0) is 22.0. The molecule has 0 amide bonds. The zero-order valence-electron chi connectivity index (χ0n) is 17.6. The molecule has 0 fully saturated rings. The normalized spacial score (nSPS) is 11.1. The van der Waals surface area contributed by atoms with Crippen molar-refractivity contribution < 1.29 is 9.84 Å². The Bertz CT molecular complexity index is 1230. The Kier molecular flexibility index (Phi) is 5.93. The average molecular weight is 435 g/mol. The molecule has 2 heterocycles. The largest absolute Gasteiger partial charge is 0.503 e. The molecule has 158 valence electrons. The number of ether oxygens (including phenoxy) is 1. The fourth-order valence-electron chi connectivity index (χ4n) is 3.43. The van der Waals surface area contributed by atoms with E-state index >= 15 is 0 Å². The van der Waals surface area contributed by atoms with E-state index in [4.69, 9.17) is 16.3 Å². The van der Waals surface area contributed by atoms with Gasteiger partial charge in [0.2, 0.25) is 0 Å². The molecule has 0 radical (unpaired) electrons. The maximum atomic E-state index is 10.0. The first-order valence-corrected chi connectivity index (χ1v) is 10.1. The number of fused-ring (bicyclic) bond motifs is 1. The van der Waals surface area contributed by atoms with Gasteiger partial charge < -0.3 is 20.1 Å². The minimum Gasteiger partial charge on any atom is -0.503 e. The van der Waals surface area contributed by atoms with E-state index in [2.05, 4.69) is 26.3 Å². The number of phenols is 1. The van der Waals surface area contributed by atoms with Crippen LogP contribution in [0.1, 0.15) is 5.56 Å². The first-order valence-electron chi connectivity index (χ1n) is 9.77. The van der Waals surface area contributed by atoms with E-state index in [9.17, 15) is 5.11 Å². The quantitative estimate of drug-likeness (QED) is 0.419. The maximum absolute atomic E-state index is 10.0. The van der Waals surface area contributed by atoms with Crippen molar-refractivity contribution in [3.63, 3.8) is 0 Å². The van der Waals surface area contributed by atoms with Crippen LogP contribution in [0.5, 0.6) is 11.5 Å². The van der Waals surface area contributed by atoms with Crippen LogP contribution in [0.2, 0.25) is 5.02 Å². The molecule has 0 aliphatic carbocycles. The first kappa shape index (κ1) is 20.9. The fraction of sp³-hybridized carbons (Fsp3) is 0.167. The molecule has 2 N–H and O–H groups in total. The van der Waals surface area contributed by atoms with E-state index < -0.39 is 0 Å². The molecule has 0 atom stereocenters. The second-order valence-corrected chi connectivity index (χ2v) is 7.92. The number of hydrogen-bond donors (Lipinski definition) is 2. The Balaban J connectivity index is 1.70. The lowest BCUT2D eigenvalue weighted by atomic mass is 10.0. The van der Waals surface area contributed by atoms with E-state index in [0.29, 0.717) is 5.75 Å². The minimum atomic E-state index is -0.0680. The van der Waals surface area contributed by atoms with Crippen LogP contribution in [0.3, 0.4) is 0 Å². The molecular formula is C24H23ClN4O2. The van der Waals surface area contributed by atoms with Crippen molar-refractivity contribution in [3.8, 4) is 22.6 Å². The Labute approximate surface area is 186 Å². The summed E-state index contributed by atoms with van der Waals surface area (Å²) in [5, 5.41) is 14.6. The predicted octanol–water partition coefficient (Wildman–Crippen LogP) is 5.47. The molecule has 6 nitrogen and oxygen atoms in total. The van der Waals surface area contributed by atoms with Crippen molar-refractivity contribution in [3.05, 3.63) is 71.5 Å². The highest BCUT2D eigenvalue weighted by Gasteiger charge is 2.12. The summed E-state index contributed by atoms with van der Waals surface area (Å²) in [5.74, 6) is 1.02. The SMILES string of the molecule is COc1cc(-c2ccc3nccc(Nc4ccc(CN(C)C)cn4)c3c2)cc(Cl)c1O. The van der Waals surface area contributed by atoms with E-state index in [1.165, 1.54) is 7.11 Å². The van der Waals surface area contributed by atoms with Crippen LogP contribution in [-0.2, 0) is 6.54 Å². The number of aromatic nitrogens is 2. The van der Waals surface area contributed by atoms with Gasteiger partial charge in [0.1, 0.15) is 5.82 Å². The number of aromatic hydroxyl groups is 1. The van der Waals surface area contributed by atoms with Crippen LogP contribution in [0, 0.1) is 0 Å². The highest BCUT2D eigenvalue weighted by molar-refractivity contribution is 6.32. The van der Waals surface area contributed by atoms with Crippen LogP contribution in [0.4, 0.5) is 11.5 Å². The number of pyridine rings is 2. The Morgan fingerprint density at radius 3 is 2.58 bits per heavy atom. The first-order chi connectivity index (χ1) is 14.9. The van der Waals surface area contributed by atoms with Gasteiger partial charge in [-0.2, -0.15) is 0 Å². The summed E-state index contributed by atoms with van der Waals surface area (Å²) in [6, 6.07) is 15.4. The van der Waals surface area contributed by atoms with Crippen molar-refractivity contribution >= 4 is 34.0 Å². The predicted molar refractivity (Wildman–Crippen MR) is 125 cm³/mol. The van der Waals surface area contributed by atoms with Gasteiger partial charge in [-0.3, -0.25) is 4.98 Å². The molecule has 0 bridgehead atoms. The van der Waals surface area contributed by atoms with Crippen LogP contribution >= 0.6 is 11.6 Å². The van der Waals surface area contributed by atoms with Crippen LogP contribution < -0.4 is 10.1 Å². The number of rotatable bonds is 6.